The average Bonchev–Trinajstić information content (AvgIpc) is 3.21. The third-order valence-electron chi connectivity index (χ3n) is 12.2. The molecular formula is C29H46O4. The van der Waals surface area contributed by atoms with Crippen molar-refractivity contribution >= 4 is 5.97 Å². The Hall–Kier alpha value is -0.610. The number of rotatable bonds is 1. The summed E-state index contributed by atoms with van der Waals surface area (Å²) >= 11 is 0. The van der Waals surface area contributed by atoms with Gasteiger partial charge in [0.2, 0.25) is 0 Å². The molecule has 0 unspecified atom stereocenters. The molecule has 0 bridgehead atoms. The molecule has 0 aromatic heterocycles. The van der Waals surface area contributed by atoms with Crippen LogP contribution in [0.2, 0.25) is 0 Å². The Balaban J connectivity index is 1.21. The van der Waals surface area contributed by atoms with Crippen molar-refractivity contribution in [1.82, 2.24) is 0 Å². The third-order valence-corrected chi connectivity index (χ3v) is 12.2. The zero-order valence-electron chi connectivity index (χ0n) is 21.6. The summed E-state index contributed by atoms with van der Waals surface area (Å²) < 4.78 is 19.1. The highest BCUT2D eigenvalue weighted by Crippen LogP contribution is 2.71. The second-order valence-corrected chi connectivity index (χ2v) is 13.7. The van der Waals surface area contributed by atoms with Crippen LogP contribution in [0.3, 0.4) is 0 Å². The number of fused-ring (bicyclic) bond motifs is 7. The van der Waals surface area contributed by atoms with E-state index >= 15 is 0 Å². The Morgan fingerprint density at radius 1 is 0.909 bits per heavy atom. The molecule has 4 heteroatoms. The van der Waals surface area contributed by atoms with Gasteiger partial charge in [0, 0.05) is 19.3 Å². The monoisotopic (exact) mass is 458 g/mol. The predicted octanol–water partition coefficient (Wildman–Crippen LogP) is 6.36. The summed E-state index contributed by atoms with van der Waals surface area (Å²) in [7, 11) is 0. The summed E-state index contributed by atoms with van der Waals surface area (Å²) in [5, 5.41) is 0. The summed E-state index contributed by atoms with van der Waals surface area (Å²) in [6, 6.07) is 0. The molecule has 12 atom stereocenters. The van der Waals surface area contributed by atoms with E-state index in [1.54, 1.807) is 6.92 Å². The van der Waals surface area contributed by atoms with Gasteiger partial charge in [0.15, 0.2) is 5.79 Å². The second kappa shape index (κ2) is 7.69. The van der Waals surface area contributed by atoms with Crippen LogP contribution < -0.4 is 0 Å². The maximum atomic E-state index is 11.5. The normalized spacial score (nSPS) is 57.7. The summed E-state index contributed by atoms with van der Waals surface area (Å²) in [5.41, 5.74) is 0.828. The second-order valence-electron chi connectivity index (χ2n) is 13.7. The molecule has 4 aliphatic carbocycles. The van der Waals surface area contributed by atoms with Crippen LogP contribution in [0.1, 0.15) is 98.8 Å². The Labute approximate surface area is 200 Å². The number of hydrogen-bond acceptors (Lipinski definition) is 4. The summed E-state index contributed by atoms with van der Waals surface area (Å²) in [6.07, 6.45) is 12.9. The van der Waals surface area contributed by atoms with Crippen molar-refractivity contribution < 1.29 is 19.0 Å². The van der Waals surface area contributed by atoms with Gasteiger partial charge in [-0.15, -0.1) is 0 Å². The van der Waals surface area contributed by atoms with Crippen molar-refractivity contribution in [3.8, 4) is 0 Å². The molecule has 4 nitrogen and oxygen atoms in total. The molecule has 2 heterocycles. The fraction of sp³-hybridized carbons (Fsp3) is 0.966. The molecule has 4 saturated carbocycles. The molecule has 33 heavy (non-hydrogen) atoms. The maximum absolute atomic E-state index is 11.5. The van der Waals surface area contributed by atoms with Crippen LogP contribution in [0.4, 0.5) is 0 Å². The van der Waals surface area contributed by atoms with Crippen LogP contribution in [0.25, 0.3) is 0 Å². The zero-order chi connectivity index (χ0) is 23.2. The Morgan fingerprint density at radius 2 is 1.70 bits per heavy atom. The summed E-state index contributed by atoms with van der Waals surface area (Å²) in [5.74, 6) is 4.63. The lowest BCUT2D eigenvalue weighted by molar-refractivity contribution is -0.273. The summed E-state index contributed by atoms with van der Waals surface area (Å²) in [4.78, 5) is 11.5. The van der Waals surface area contributed by atoms with Gasteiger partial charge in [-0.1, -0.05) is 27.7 Å². The molecule has 186 valence electrons. The highest BCUT2D eigenvalue weighted by molar-refractivity contribution is 5.66. The smallest absolute Gasteiger partial charge is 0.302 e. The quantitative estimate of drug-likeness (QED) is 0.429. The van der Waals surface area contributed by atoms with Gasteiger partial charge in [0.05, 0.1) is 12.7 Å². The van der Waals surface area contributed by atoms with Gasteiger partial charge in [0.25, 0.3) is 0 Å². The Morgan fingerprint density at radius 3 is 2.42 bits per heavy atom. The van der Waals surface area contributed by atoms with Crippen molar-refractivity contribution in [3.63, 3.8) is 0 Å². The fourth-order valence-electron chi connectivity index (χ4n) is 10.6. The van der Waals surface area contributed by atoms with Crippen LogP contribution in [0.15, 0.2) is 0 Å². The minimum atomic E-state index is -0.300. The lowest BCUT2D eigenvalue weighted by Crippen LogP contribution is -2.55. The van der Waals surface area contributed by atoms with Gasteiger partial charge in [0.1, 0.15) is 6.10 Å². The lowest BCUT2D eigenvalue weighted by atomic mass is 9.44. The first-order chi connectivity index (χ1) is 15.7. The van der Waals surface area contributed by atoms with E-state index in [1.165, 1.54) is 44.9 Å². The molecule has 2 saturated heterocycles. The highest BCUT2D eigenvalue weighted by atomic mass is 16.7. The first kappa shape index (κ1) is 22.8. The Bertz CT molecular complexity index is 786. The lowest BCUT2D eigenvalue weighted by Gasteiger charge is -2.61. The molecule has 0 aromatic rings. The first-order valence-electron chi connectivity index (χ1n) is 14.2. The highest BCUT2D eigenvalue weighted by Gasteiger charge is 2.69. The van der Waals surface area contributed by atoms with E-state index in [0.29, 0.717) is 34.7 Å². The van der Waals surface area contributed by atoms with Gasteiger partial charge in [-0.2, -0.15) is 0 Å². The van der Waals surface area contributed by atoms with Gasteiger partial charge in [-0.3, -0.25) is 4.79 Å². The SMILES string of the molecule is CC(=O)O[C@H]1CC[C@@]2(C)[C@@H](CC[C@@H]3[C@@H]2CC[C@]2(C)[C@@H]4[C@H](C[C@@H]32)O[C@@]2(CC[C@H](C)CO2)[C@@H]4C)C1. The topological polar surface area (TPSA) is 44.8 Å². The van der Waals surface area contributed by atoms with Crippen molar-refractivity contribution in [2.45, 2.75) is 117 Å². The van der Waals surface area contributed by atoms with E-state index in [-0.39, 0.29) is 17.9 Å². The van der Waals surface area contributed by atoms with Crippen LogP contribution in [0, 0.1) is 52.3 Å². The van der Waals surface area contributed by atoms with E-state index in [9.17, 15) is 4.79 Å². The molecule has 6 fully saturated rings. The number of carbonyl (C=O) groups excluding carboxylic acids is 1. The van der Waals surface area contributed by atoms with E-state index in [1.807, 2.05) is 0 Å². The van der Waals surface area contributed by atoms with Crippen LogP contribution in [-0.4, -0.2) is 30.6 Å². The van der Waals surface area contributed by atoms with Gasteiger partial charge in [-0.05, 0) is 104 Å². The standard InChI is InChI=1S/C29H46O4/c1-17-8-13-29(31-16-17)18(2)26-25(33-29)15-24-22-7-6-20-14-21(32-19(3)30)9-11-27(20,4)23(22)10-12-28(24,26)5/h17-18,20-26H,6-16H2,1-5H3/t17-,18+,20-,21-,22+,23-,24-,25-,26-,27-,28-,29-/m0/s1. The minimum Gasteiger partial charge on any atom is -0.463 e. The largest absolute Gasteiger partial charge is 0.463 e. The number of ether oxygens (including phenoxy) is 3. The van der Waals surface area contributed by atoms with E-state index in [2.05, 4.69) is 27.7 Å². The average molecular weight is 459 g/mol. The molecule has 2 aliphatic heterocycles. The number of hydrogen-bond donors (Lipinski definition) is 0. The third kappa shape index (κ3) is 3.25. The van der Waals surface area contributed by atoms with E-state index < -0.39 is 0 Å². The predicted molar refractivity (Wildman–Crippen MR) is 127 cm³/mol. The molecule has 0 amide bonds. The van der Waals surface area contributed by atoms with Crippen LogP contribution in [0.5, 0.6) is 0 Å². The fourth-order valence-corrected chi connectivity index (χ4v) is 10.6. The summed E-state index contributed by atoms with van der Waals surface area (Å²) in [6.45, 7) is 12.4. The molecule has 0 N–H and O–H groups in total. The first-order valence-corrected chi connectivity index (χ1v) is 14.2. The minimum absolute atomic E-state index is 0.105. The van der Waals surface area contributed by atoms with Crippen molar-refractivity contribution in [2.75, 3.05) is 6.61 Å². The van der Waals surface area contributed by atoms with E-state index in [4.69, 9.17) is 14.2 Å². The molecule has 1 spiro atoms. The molecule has 0 radical (unpaired) electrons. The molecular weight excluding hydrogens is 412 g/mol. The molecule has 6 aliphatic rings. The molecule has 6 rings (SSSR count). The number of esters is 1. The van der Waals surface area contributed by atoms with Crippen molar-refractivity contribution in [2.24, 2.45) is 52.3 Å². The van der Waals surface area contributed by atoms with Crippen molar-refractivity contribution in [1.29, 1.82) is 0 Å². The van der Waals surface area contributed by atoms with Crippen LogP contribution >= 0.6 is 0 Å². The zero-order valence-corrected chi connectivity index (χ0v) is 21.6. The van der Waals surface area contributed by atoms with Crippen LogP contribution in [-0.2, 0) is 19.0 Å². The number of carbonyl (C=O) groups is 1. The maximum Gasteiger partial charge on any atom is 0.302 e. The Kier molecular flexibility index (Phi) is 5.32. The van der Waals surface area contributed by atoms with Gasteiger partial charge in [-0.25, -0.2) is 0 Å². The van der Waals surface area contributed by atoms with E-state index in [0.717, 1.165) is 49.5 Å². The van der Waals surface area contributed by atoms with Gasteiger partial charge >= 0.3 is 5.97 Å². The molecule has 0 aromatic carbocycles. The van der Waals surface area contributed by atoms with Gasteiger partial charge < -0.3 is 14.2 Å². The van der Waals surface area contributed by atoms with Crippen molar-refractivity contribution in [3.05, 3.63) is 0 Å².